The SMILES string of the molecule is CC(CNc1cc(Cl)ncc1-c1ccn(C(F)F)n1)COc1c(-c2nccc(N)n2)cnn1C. The van der Waals surface area contributed by atoms with E-state index in [1.54, 1.807) is 36.3 Å². The third-order valence-electron chi connectivity index (χ3n) is 4.90. The first kappa shape index (κ1) is 23.4. The Morgan fingerprint density at radius 3 is 2.76 bits per heavy atom. The maximum Gasteiger partial charge on any atom is 0.333 e. The molecule has 13 heteroatoms. The van der Waals surface area contributed by atoms with E-state index in [1.165, 1.54) is 18.5 Å². The van der Waals surface area contributed by atoms with E-state index in [0.717, 1.165) is 0 Å². The predicted octanol–water partition coefficient (Wildman–Crippen LogP) is 3.89. The quantitative estimate of drug-likeness (QED) is 0.339. The Morgan fingerprint density at radius 1 is 1.21 bits per heavy atom. The Labute approximate surface area is 198 Å². The van der Waals surface area contributed by atoms with Crippen molar-refractivity contribution in [2.75, 3.05) is 24.2 Å². The first-order valence-corrected chi connectivity index (χ1v) is 10.7. The van der Waals surface area contributed by atoms with E-state index < -0.39 is 6.55 Å². The second-order valence-corrected chi connectivity index (χ2v) is 7.99. The first-order valence-electron chi connectivity index (χ1n) is 10.3. The van der Waals surface area contributed by atoms with Crippen LogP contribution in [0.15, 0.2) is 43.0 Å². The second kappa shape index (κ2) is 10.00. The van der Waals surface area contributed by atoms with Gasteiger partial charge in [-0.05, 0) is 18.2 Å². The van der Waals surface area contributed by atoms with Gasteiger partial charge in [-0.3, -0.25) is 0 Å². The van der Waals surface area contributed by atoms with Gasteiger partial charge in [-0.1, -0.05) is 18.5 Å². The van der Waals surface area contributed by atoms with E-state index in [-0.39, 0.29) is 11.1 Å². The van der Waals surface area contributed by atoms with E-state index in [2.05, 4.69) is 30.5 Å². The van der Waals surface area contributed by atoms with Crippen LogP contribution in [0.5, 0.6) is 5.88 Å². The van der Waals surface area contributed by atoms with E-state index in [1.807, 2.05) is 6.92 Å². The highest BCUT2D eigenvalue weighted by Crippen LogP contribution is 2.30. The van der Waals surface area contributed by atoms with Crippen molar-refractivity contribution in [1.82, 2.24) is 34.5 Å². The minimum atomic E-state index is -2.72. The number of nitrogens with two attached hydrogens (primary N) is 1. The minimum Gasteiger partial charge on any atom is -0.477 e. The van der Waals surface area contributed by atoms with Gasteiger partial charge in [-0.15, -0.1) is 0 Å². The Kier molecular flexibility index (Phi) is 6.87. The van der Waals surface area contributed by atoms with Gasteiger partial charge in [0.25, 0.3) is 0 Å². The molecule has 1 unspecified atom stereocenters. The Bertz CT molecular complexity index is 1280. The molecular formula is C21H22ClF2N9O. The largest absolute Gasteiger partial charge is 0.477 e. The van der Waals surface area contributed by atoms with Gasteiger partial charge in [-0.2, -0.15) is 19.0 Å². The standard InChI is InChI=1S/C21H22ClF2N9O/c1-12(11-34-20-14(10-29-32(20)2)19-26-5-3-18(25)30-19)8-27-16-7-17(22)28-9-13(16)15-4-6-33(31-15)21(23)24/h3-7,9-10,12,21H,8,11H2,1-2H3,(H,27,28)(H2,25,26,30). The van der Waals surface area contributed by atoms with Crippen LogP contribution in [0.2, 0.25) is 5.15 Å². The zero-order chi connectivity index (χ0) is 24.2. The fourth-order valence-electron chi connectivity index (χ4n) is 3.19. The monoisotopic (exact) mass is 489 g/mol. The van der Waals surface area contributed by atoms with Gasteiger partial charge in [-0.25, -0.2) is 24.3 Å². The molecule has 3 N–H and O–H groups in total. The molecule has 34 heavy (non-hydrogen) atoms. The van der Waals surface area contributed by atoms with Crippen molar-refractivity contribution in [3.63, 3.8) is 0 Å². The van der Waals surface area contributed by atoms with E-state index in [0.29, 0.717) is 57.9 Å². The molecule has 0 aliphatic heterocycles. The Hall–Kier alpha value is -3.80. The van der Waals surface area contributed by atoms with Crippen LogP contribution in [-0.2, 0) is 7.05 Å². The van der Waals surface area contributed by atoms with Gasteiger partial charge in [0.15, 0.2) is 5.82 Å². The molecule has 178 valence electrons. The van der Waals surface area contributed by atoms with Crippen molar-refractivity contribution in [3.8, 4) is 28.5 Å². The molecule has 0 fully saturated rings. The molecule has 1 atom stereocenters. The van der Waals surface area contributed by atoms with Gasteiger partial charge in [0, 0.05) is 49.4 Å². The van der Waals surface area contributed by atoms with Crippen LogP contribution in [0, 0.1) is 5.92 Å². The molecule has 4 aromatic rings. The predicted molar refractivity (Wildman–Crippen MR) is 124 cm³/mol. The van der Waals surface area contributed by atoms with E-state index in [9.17, 15) is 8.78 Å². The van der Waals surface area contributed by atoms with E-state index in [4.69, 9.17) is 22.1 Å². The highest BCUT2D eigenvalue weighted by atomic mass is 35.5. The topological polar surface area (TPSA) is 122 Å². The number of nitrogens with one attached hydrogen (secondary N) is 1. The molecule has 0 aromatic carbocycles. The number of hydrogen-bond donors (Lipinski definition) is 2. The van der Waals surface area contributed by atoms with Crippen molar-refractivity contribution in [2.24, 2.45) is 13.0 Å². The van der Waals surface area contributed by atoms with E-state index >= 15 is 0 Å². The Balaban J connectivity index is 1.43. The van der Waals surface area contributed by atoms with Crippen molar-refractivity contribution in [1.29, 1.82) is 0 Å². The fraction of sp³-hybridized carbons (Fsp3) is 0.286. The van der Waals surface area contributed by atoms with Gasteiger partial charge in [0.05, 0.1) is 18.5 Å². The number of anilines is 2. The average Bonchev–Trinajstić information content (AvgIpc) is 3.43. The molecule has 0 saturated carbocycles. The summed E-state index contributed by atoms with van der Waals surface area (Å²) < 4.78 is 34.0. The van der Waals surface area contributed by atoms with Crippen LogP contribution >= 0.6 is 11.6 Å². The molecule has 0 saturated heterocycles. The minimum absolute atomic E-state index is 0.0444. The summed E-state index contributed by atoms with van der Waals surface area (Å²) >= 11 is 6.06. The molecule has 0 radical (unpaired) electrons. The lowest BCUT2D eigenvalue weighted by Crippen LogP contribution is -2.19. The molecule has 4 heterocycles. The highest BCUT2D eigenvalue weighted by Gasteiger charge is 2.17. The number of aryl methyl sites for hydroxylation is 1. The molecule has 4 aromatic heterocycles. The Morgan fingerprint density at radius 2 is 2.03 bits per heavy atom. The molecule has 0 spiro atoms. The molecule has 0 aliphatic rings. The van der Waals surface area contributed by atoms with Gasteiger partial charge < -0.3 is 15.8 Å². The van der Waals surface area contributed by atoms with Crippen molar-refractivity contribution < 1.29 is 13.5 Å². The molecule has 10 nitrogen and oxygen atoms in total. The number of halogens is 3. The number of alkyl halides is 2. The smallest absolute Gasteiger partial charge is 0.333 e. The summed E-state index contributed by atoms with van der Waals surface area (Å²) in [6.45, 7) is 0.131. The lowest BCUT2D eigenvalue weighted by molar-refractivity contribution is 0.0568. The maximum absolute atomic E-state index is 12.9. The third-order valence-corrected chi connectivity index (χ3v) is 5.11. The van der Waals surface area contributed by atoms with Crippen molar-refractivity contribution >= 4 is 23.1 Å². The zero-order valence-corrected chi connectivity index (χ0v) is 19.1. The lowest BCUT2D eigenvalue weighted by Gasteiger charge is -2.17. The number of pyridine rings is 1. The van der Waals surface area contributed by atoms with Gasteiger partial charge >= 0.3 is 6.55 Å². The second-order valence-electron chi connectivity index (χ2n) is 7.60. The summed E-state index contributed by atoms with van der Waals surface area (Å²) in [6, 6.07) is 4.73. The fourth-order valence-corrected chi connectivity index (χ4v) is 3.35. The summed E-state index contributed by atoms with van der Waals surface area (Å²) in [4.78, 5) is 12.5. The maximum atomic E-state index is 12.9. The number of nitrogens with zero attached hydrogens (tertiary/aromatic N) is 7. The summed E-state index contributed by atoms with van der Waals surface area (Å²) in [5, 5.41) is 11.7. The first-order chi connectivity index (χ1) is 16.3. The lowest BCUT2D eigenvalue weighted by atomic mass is 10.1. The average molecular weight is 490 g/mol. The molecule has 0 aliphatic carbocycles. The van der Waals surface area contributed by atoms with Crippen molar-refractivity contribution in [2.45, 2.75) is 13.5 Å². The zero-order valence-electron chi connectivity index (χ0n) is 18.4. The number of nitrogen functional groups attached to an aromatic ring is 1. The van der Waals surface area contributed by atoms with Gasteiger partial charge in [0.1, 0.15) is 16.5 Å². The highest BCUT2D eigenvalue weighted by molar-refractivity contribution is 6.29. The molecule has 0 amide bonds. The van der Waals surface area contributed by atoms with Crippen LogP contribution in [0.25, 0.3) is 22.6 Å². The van der Waals surface area contributed by atoms with Gasteiger partial charge in [0.2, 0.25) is 5.88 Å². The molecule has 4 rings (SSSR count). The van der Waals surface area contributed by atoms with Crippen molar-refractivity contribution in [3.05, 3.63) is 48.1 Å². The molecular weight excluding hydrogens is 468 g/mol. The van der Waals surface area contributed by atoms with Crippen LogP contribution in [0.4, 0.5) is 20.3 Å². The third kappa shape index (κ3) is 5.22. The normalized spacial score (nSPS) is 12.2. The number of ether oxygens (including phenoxy) is 1. The number of rotatable bonds is 9. The summed E-state index contributed by atoms with van der Waals surface area (Å²) in [5.41, 5.74) is 7.94. The van der Waals surface area contributed by atoms with Crippen LogP contribution in [0.3, 0.4) is 0 Å². The summed E-state index contributed by atoms with van der Waals surface area (Å²) in [5.74, 6) is 1.33. The summed E-state index contributed by atoms with van der Waals surface area (Å²) in [7, 11) is 1.76. The number of aromatic nitrogens is 7. The summed E-state index contributed by atoms with van der Waals surface area (Å²) in [6.07, 6.45) is 5.90. The van der Waals surface area contributed by atoms with Crippen LogP contribution in [-0.4, -0.2) is 47.7 Å². The molecule has 0 bridgehead atoms. The van der Waals surface area contributed by atoms with Crippen LogP contribution < -0.4 is 15.8 Å². The van der Waals surface area contributed by atoms with Crippen LogP contribution in [0.1, 0.15) is 13.5 Å². The number of hydrogen-bond acceptors (Lipinski definition) is 8.